The van der Waals surface area contributed by atoms with Crippen LogP contribution in [-0.2, 0) is 0 Å². The van der Waals surface area contributed by atoms with Crippen LogP contribution in [0.25, 0.3) is 11.6 Å². The van der Waals surface area contributed by atoms with Crippen LogP contribution in [0.15, 0.2) is 53.3 Å². The van der Waals surface area contributed by atoms with Crippen molar-refractivity contribution >= 4 is 17.3 Å². The molecular weight excluding hydrogens is 434 g/mol. The summed E-state index contributed by atoms with van der Waals surface area (Å²) in [4.78, 5) is 0. The predicted molar refractivity (Wildman–Crippen MR) is 146 cm³/mol. The maximum Gasteiger partial charge on any atom is 0.0935 e. The summed E-state index contributed by atoms with van der Waals surface area (Å²) in [6, 6.07) is 6.22. The molecule has 1 fully saturated rings. The van der Waals surface area contributed by atoms with E-state index in [1.165, 1.54) is 22.9 Å². The Hall–Kier alpha value is -2.34. The Kier molecular flexibility index (Phi) is 7.33. The van der Waals surface area contributed by atoms with E-state index in [4.69, 9.17) is 11.5 Å². The average Bonchev–Trinajstić information content (AvgIpc) is 3.07. The summed E-state index contributed by atoms with van der Waals surface area (Å²) in [6.07, 6.45) is 14.0. The zero-order valence-electron chi connectivity index (χ0n) is 21.8. The highest BCUT2D eigenvalue weighted by molar-refractivity contribution is 5.78. The van der Waals surface area contributed by atoms with Crippen LogP contribution in [0.5, 0.6) is 0 Å². The Bertz CT molecular complexity index is 1090. The summed E-state index contributed by atoms with van der Waals surface area (Å²) >= 11 is 0. The molecule has 1 aromatic carbocycles. The van der Waals surface area contributed by atoms with Gasteiger partial charge in [0.15, 0.2) is 0 Å². The van der Waals surface area contributed by atoms with Crippen molar-refractivity contribution in [2.45, 2.75) is 70.5 Å². The van der Waals surface area contributed by atoms with Crippen LogP contribution in [0, 0.1) is 17.3 Å². The van der Waals surface area contributed by atoms with Gasteiger partial charge in [-0.15, -0.1) is 0 Å². The first-order valence-electron chi connectivity index (χ1n) is 13.1. The quantitative estimate of drug-likeness (QED) is 0.395. The number of fused-ring (bicyclic) bond motifs is 4. The van der Waals surface area contributed by atoms with Crippen LogP contribution in [0.2, 0.25) is 0 Å². The number of anilines is 1. The lowest BCUT2D eigenvalue weighted by Gasteiger charge is -2.50. The molecule has 0 saturated heterocycles. The predicted octanol–water partition coefficient (Wildman–Crippen LogP) is 4.78. The molecule has 4 unspecified atom stereocenters. The number of rotatable bonds is 2. The number of hydrogen-bond donors (Lipinski definition) is 5. The van der Waals surface area contributed by atoms with Crippen molar-refractivity contribution in [1.29, 1.82) is 0 Å². The van der Waals surface area contributed by atoms with E-state index in [1.54, 1.807) is 0 Å². The fraction of sp³-hybridized carbons (Fsp3) is 0.533. The third-order valence-corrected chi connectivity index (χ3v) is 8.80. The van der Waals surface area contributed by atoms with E-state index < -0.39 is 5.60 Å². The first-order valence-corrected chi connectivity index (χ1v) is 13.1. The topological polar surface area (TPSA) is 105 Å². The molecule has 1 aromatic rings. The molecule has 1 saturated carbocycles. The number of allylic oxidation sites excluding steroid dienone is 3. The van der Waals surface area contributed by atoms with E-state index in [0.29, 0.717) is 5.92 Å². The lowest BCUT2D eigenvalue weighted by Crippen LogP contribution is -2.49. The summed E-state index contributed by atoms with van der Waals surface area (Å²) in [5, 5.41) is 25.3. The van der Waals surface area contributed by atoms with Gasteiger partial charge < -0.3 is 27.0 Å². The average molecular weight is 478 g/mol. The second-order valence-corrected chi connectivity index (χ2v) is 11.2. The number of nitrogens with two attached hydrogens (primary N) is 2. The van der Waals surface area contributed by atoms with Gasteiger partial charge >= 0.3 is 0 Å². The maximum absolute atomic E-state index is 12.3. The molecule has 0 aliphatic heterocycles. The van der Waals surface area contributed by atoms with Crippen LogP contribution in [0.1, 0.15) is 69.9 Å². The zero-order chi connectivity index (χ0) is 25.4. The number of nitrogen functional groups attached to an aromatic ring is 1. The molecule has 5 nitrogen and oxygen atoms in total. The van der Waals surface area contributed by atoms with E-state index in [2.05, 4.69) is 43.4 Å². The lowest BCUT2D eigenvalue weighted by molar-refractivity contribution is -0.0354. The van der Waals surface area contributed by atoms with Gasteiger partial charge in [-0.2, -0.15) is 0 Å². The highest BCUT2D eigenvalue weighted by atomic mass is 16.3. The largest absolute Gasteiger partial charge is 0.405 e. The summed E-state index contributed by atoms with van der Waals surface area (Å²) in [5.74, 6) is 0.645. The van der Waals surface area contributed by atoms with Crippen LogP contribution >= 0.6 is 0 Å². The molecule has 0 heterocycles. The highest BCUT2D eigenvalue weighted by Crippen LogP contribution is 2.63. The molecule has 5 rings (SSSR count). The number of hydrogen-bond acceptors (Lipinski definition) is 5. The normalized spacial score (nSPS) is 34.2. The molecule has 5 atom stereocenters. The van der Waals surface area contributed by atoms with Crippen LogP contribution in [-0.4, -0.2) is 36.0 Å². The van der Waals surface area contributed by atoms with E-state index in [-0.39, 0.29) is 17.4 Å². The monoisotopic (exact) mass is 477 g/mol. The Morgan fingerprint density at radius 1 is 1.17 bits per heavy atom. The van der Waals surface area contributed by atoms with Crippen LogP contribution in [0.4, 0.5) is 5.69 Å². The second-order valence-electron chi connectivity index (χ2n) is 11.2. The molecule has 5 heteroatoms. The number of benzene rings is 1. The fourth-order valence-electron chi connectivity index (χ4n) is 7.27. The third kappa shape index (κ3) is 4.50. The number of aliphatic hydroxyl groups excluding tert-OH is 1. The van der Waals surface area contributed by atoms with Gasteiger partial charge in [0.05, 0.1) is 11.7 Å². The molecule has 0 spiro atoms. The summed E-state index contributed by atoms with van der Waals surface area (Å²) in [7, 11) is 3.75. The van der Waals surface area contributed by atoms with Gasteiger partial charge in [-0.05, 0) is 112 Å². The lowest BCUT2D eigenvalue weighted by atomic mass is 9.56. The summed E-state index contributed by atoms with van der Waals surface area (Å²) < 4.78 is 0. The fourth-order valence-corrected chi connectivity index (χ4v) is 7.27. The van der Waals surface area contributed by atoms with Crippen molar-refractivity contribution in [2.75, 3.05) is 19.8 Å². The van der Waals surface area contributed by atoms with Gasteiger partial charge in [0.25, 0.3) is 0 Å². The summed E-state index contributed by atoms with van der Waals surface area (Å²) in [5.41, 5.74) is 18.8. The van der Waals surface area contributed by atoms with Gasteiger partial charge in [-0.1, -0.05) is 42.4 Å². The minimum absolute atomic E-state index is 0.131. The van der Waals surface area contributed by atoms with Gasteiger partial charge in [-0.25, -0.2) is 0 Å². The Morgan fingerprint density at radius 2 is 1.91 bits per heavy atom. The molecule has 35 heavy (non-hydrogen) atoms. The summed E-state index contributed by atoms with van der Waals surface area (Å²) in [6.45, 7) is 4.52. The molecule has 190 valence electrons. The van der Waals surface area contributed by atoms with Gasteiger partial charge in [0.2, 0.25) is 0 Å². The number of nitrogens with one attached hydrogen (secondary N) is 1. The second kappa shape index (κ2) is 9.96. The maximum atomic E-state index is 12.3. The van der Waals surface area contributed by atoms with Crippen molar-refractivity contribution in [3.63, 3.8) is 0 Å². The first kappa shape index (κ1) is 25.7. The van der Waals surface area contributed by atoms with Crippen molar-refractivity contribution in [3.8, 4) is 0 Å². The Morgan fingerprint density at radius 3 is 2.60 bits per heavy atom. The van der Waals surface area contributed by atoms with Crippen molar-refractivity contribution in [3.05, 3.63) is 64.4 Å². The molecule has 0 radical (unpaired) electrons. The van der Waals surface area contributed by atoms with Crippen molar-refractivity contribution in [1.82, 2.24) is 5.32 Å². The van der Waals surface area contributed by atoms with E-state index in [1.807, 2.05) is 26.2 Å². The first-order chi connectivity index (χ1) is 16.7. The Labute approximate surface area is 210 Å². The minimum Gasteiger partial charge on any atom is -0.405 e. The van der Waals surface area contributed by atoms with Crippen molar-refractivity contribution in [2.24, 2.45) is 23.0 Å². The van der Waals surface area contributed by atoms with Crippen LogP contribution < -0.4 is 16.8 Å². The SMILES string of the molecule is CC1=C2C=C3CC(O)CCC3CC[C@]2(O)C2CC=C(c3ccc(/C=C\N)c(N)c3)C2(C)C1.CNC. The molecule has 0 bridgehead atoms. The third-order valence-electron chi connectivity index (χ3n) is 8.80. The standard InChI is InChI=1S/C28H36N2O2.C2H7N/c1-17-16-27(2)23(20-4-3-19(10-12-29)25(30)15-20)7-8-26(27)28(32)11-9-18-5-6-22(31)13-21(18)14-24(17)28;1-3-2/h3-4,7,10,12,14-15,18,22,26,31-32H,5-6,8-9,11,13,16,29-30H2,1-2H3;3H,1-2H3/b12-10-;/t18?,22?,26?,27?,28-;/m1./s1. The zero-order valence-corrected chi connectivity index (χ0v) is 21.8. The smallest absolute Gasteiger partial charge is 0.0935 e. The number of aliphatic hydroxyl groups is 2. The molecule has 4 aliphatic carbocycles. The minimum atomic E-state index is -0.821. The van der Waals surface area contributed by atoms with E-state index >= 15 is 0 Å². The van der Waals surface area contributed by atoms with Crippen molar-refractivity contribution < 1.29 is 10.2 Å². The molecule has 7 N–H and O–H groups in total. The highest BCUT2D eigenvalue weighted by Gasteiger charge is 2.57. The van der Waals surface area contributed by atoms with Gasteiger partial charge in [0.1, 0.15) is 0 Å². The van der Waals surface area contributed by atoms with E-state index in [9.17, 15) is 10.2 Å². The molecule has 0 amide bonds. The van der Waals surface area contributed by atoms with Gasteiger partial charge in [0, 0.05) is 17.0 Å². The molecule has 4 aliphatic rings. The molecule has 0 aromatic heterocycles. The van der Waals surface area contributed by atoms with Crippen LogP contribution in [0.3, 0.4) is 0 Å². The molecular formula is C30H43N3O2. The van der Waals surface area contributed by atoms with Gasteiger partial charge in [-0.3, -0.25) is 0 Å². The Balaban J connectivity index is 0.000000917. The van der Waals surface area contributed by atoms with E-state index in [0.717, 1.165) is 67.3 Å².